The third-order valence-corrected chi connectivity index (χ3v) is 2.40. The van der Waals surface area contributed by atoms with E-state index in [1.54, 1.807) is 0 Å². The van der Waals surface area contributed by atoms with Crippen LogP contribution in [-0.4, -0.2) is 6.04 Å². The average Bonchev–Trinajstić information content (AvgIpc) is 2.05. The van der Waals surface area contributed by atoms with Crippen molar-refractivity contribution in [2.24, 2.45) is 17.7 Å². The van der Waals surface area contributed by atoms with Gasteiger partial charge in [0.25, 0.3) is 0 Å². The lowest BCUT2D eigenvalue weighted by Crippen LogP contribution is -2.41. The second-order valence-corrected chi connectivity index (χ2v) is 3.51. The Hall–Kier alpha value is -0.520. The van der Waals surface area contributed by atoms with Crippen LogP contribution >= 0.6 is 0 Å². The summed E-state index contributed by atoms with van der Waals surface area (Å²) < 4.78 is 0. The molecule has 0 saturated carbocycles. The highest BCUT2D eigenvalue weighted by Crippen LogP contribution is 2.15. The molecule has 2 heteroatoms. The first-order valence-corrected chi connectivity index (χ1v) is 4.49. The number of hydrogen-bond acceptors (Lipinski definition) is 2. The van der Waals surface area contributed by atoms with Crippen molar-refractivity contribution in [3.05, 3.63) is 0 Å². The van der Waals surface area contributed by atoms with E-state index in [-0.39, 0.29) is 0 Å². The lowest BCUT2D eigenvalue weighted by molar-refractivity contribution is 0.305. The van der Waals surface area contributed by atoms with Crippen molar-refractivity contribution in [1.82, 2.24) is 5.43 Å². The summed E-state index contributed by atoms with van der Waals surface area (Å²) in [6, 6.07) is 0.317. The van der Waals surface area contributed by atoms with E-state index in [1.165, 1.54) is 0 Å². The molecule has 0 heterocycles. The molecule has 0 bridgehead atoms. The standard InChI is InChI=1S/C10H20N2/c1-5-6-7-10(12-11)9(4)8(2)3/h8-10,12H,7,11H2,1-4H3. The Morgan fingerprint density at radius 1 is 1.33 bits per heavy atom. The Labute approximate surface area is 75.9 Å². The molecule has 0 amide bonds. The zero-order chi connectivity index (χ0) is 9.56. The molecule has 0 spiro atoms. The van der Waals surface area contributed by atoms with Crippen molar-refractivity contribution in [2.75, 3.05) is 0 Å². The SMILES string of the molecule is CC#CCC(NN)C(C)C(C)C. The van der Waals surface area contributed by atoms with Gasteiger partial charge in [-0.15, -0.1) is 11.8 Å². The molecule has 0 rings (SSSR count). The second-order valence-electron chi connectivity index (χ2n) is 3.51. The molecule has 0 fully saturated rings. The van der Waals surface area contributed by atoms with Crippen LogP contribution in [0.15, 0.2) is 0 Å². The first kappa shape index (κ1) is 11.5. The van der Waals surface area contributed by atoms with E-state index in [4.69, 9.17) is 5.84 Å². The fraction of sp³-hybridized carbons (Fsp3) is 0.800. The van der Waals surface area contributed by atoms with Gasteiger partial charge in [-0.25, -0.2) is 0 Å². The Balaban J connectivity index is 4.01. The van der Waals surface area contributed by atoms with Crippen LogP contribution in [0.2, 0.25) is 0 Å². The Morgan fingerprint density at radius 2 is 1.92 bits per heavy atom. The fourth-order valence-electron chi connectivity index (χ4n) is 1.07. The van der Waals surface area contributed by atoms with E-state index in [1.807, 2.05) is 6.92 Å². The number of hydrazine groups is 1. The smallest absolute Gasteiger partial charge is 0.0347 e. The van der Waals surface area contributed by atoms with E-state index in [2.05, 4.69) is 38.0 Å². The van der Waals surface area contributed by atoms with Gasteiger partial charge in [0.15, 0.2) is 0 Å². The van der Waals surface area contributed by atoms with Crippen molar-refractivity contribution in [3.63, 3.8) is 0 Å². The molecule has 2 atom stereocenters. The summed E-state index contributed by atoms with van der Waals surface area (Å²) in [5.74, 6) is 12.6. The third kappa shape index (κ3) is 3.75. The maximum atomic E-state index is 5.43. The van der Waals surface area contributed by atoms with Crippen LogP contribution in [0.5, 0.6) is 0 Å². The molecule has 0 aromatic carbocycles. The highest BCUT2D eigenvalue weighted by Gasteiger charge is 2.17. The van der Waals surface area contributed by atoms with Gasteiger partial charge in [0.2, 0.25) is 0 Å². The fourth-order valence-corrected chi connectivity index (χ4v) is 1.07. The molecule has 0 aromatic rings. The predicted octanol–water partition coefficient (Wildman–Crippen LogP) is 1.52. The molecule has 3 N–H and O–H groups in total. The lowest BCUT2D eigenvalue weighted by Gasteiger charge is -2.24. The monoisotopic (exact) mass is 168 g/mol. The largest absolute Gasteiger partial charge is 0.271 e. The molecular formula is C10H20N2. The number of nitrogens with two attached hydrogens (primary N) is 1. The Kier molecular flexibility index (Phi) is 5.79. The zero-order valence-electron chi connectivity index (χ0n) is 8.52. The van der Waals surface area contributed by atoms with Crippen LogP contribution in [-0.2, 0) is 0 Å². The molecule has 0 aliphatic heterocycles. The van der Waals surface area contributed by atoms with E-state index in [9.17, 15) is 0 Å². The van der Waals surface area contributed by atoms with E-state index in [0.717, 1.165) is 6.42 Å². The third-order valence-electron chi connectivity index (χ3n) is 2.40. The quantitative estimate of drug-likeness (QED) is 0.379. The van der Waals surface area contributed by atoms with E-state index in [0.29, 0.717) is 17.9 Å². The van der Waals surface area contributed by atoms with Gasteiger partial charge < -0.3 is 0 Å². The molecule has 70 valence electrons. The van der Waals surface area contributed by atoms with Crippen molar-refractivity contribution in [3.8, 4) is 11.8 Å². The van der Waals surface area contributed by atoms with Gasteiger partial charge in [-0.05, 0) is 18.8 Å². The second kappa shape index (κ2) is 6.05. The average molecular weight is 168 g/mol. The van der Waals surface area contributed by atoms with Crippen LogP contribution in [0.25, 0.3) is 0 Å². The first-order chi connectivity index (χ1) is 5.63. The predicted molar refractivity (Wildman–Crippen MR) is 53.2 cm³/mol. The van der Waals surface area contributed by atoms with Crippen molar-refractivity contribution in [1.29, 1.82) is 0 Å². The van der Waals surface area contributed by atoms with Crippen LogP contribution in [0.4, 0.5) is 0 Å². The van der Waals surface area contributed by atoms with Crippen LogP contribution < -0.4 is 11.3 Å². The van der Waals surface area contributed by atoms with Gasteiger partial charge in [-0.3, -0.25) is 11.3 Å². The molecule has 2 unspecified atom stereocenters. The summed E-state index contributed by atoms with van der Waals surface area (Å²) >= 11 is 0. The van der Waals surface area contributed by atoms with E-state index >= 15 is 0 Å². The Morgan fingerprint density at radius 3 is 2.25 bits per heavy atom. The lowest BCUT2D eigenvalue weighted by atomic mass is 9.89. The van der Waals surface area contributed by atoms with Crippen molar-refractivity contribution < 1.29 is 0 Å². The summed E-state index contributed by atoms with van der Waals surface area (Å²) in [5.41, 5.74) is 2.82. The topological polar surface area (TPSA) is 38.0 Å². The normalized spacial score (nSPS) is 15.2. The maximum Gasteiger partial charge on any atom is 0.0347 e. The minimum atomic E-state index is 0.317. The molecule has 0 saturated heterocycles. The zero-order valence-corrected chi connectivity index (χ0v) is 8.52. The van der Waals surface area contributed by atoms with Crippen LogP contribution in [0.3, 0.4) is 0 Å². The summed E-state index contributed by atoms with van der Waals surface area (Å²) in [7, 11) is 0. The number of hydrogen-bond donors (Lipinski definition) is 2. The molecule has 0 aliphatic rings. The minimum Gasteiger partial charge on any atom is -0.271 e. The molecule has 12 heavy (non-hydrogen) atoms. The van der Waals surface area contributed by atoms with Gasteiger partial charge in [-0.2, -0.15) is 0 Å². The summed E-state index contributed by atoms with van der Waals surface area (Å²) in [4.78, 5) is 0. The van der Waals surface area contributed by atoms with Gasteiger partial charge in [-0.1, -0.05) is 20.8 Å². The van der Waals surface area contributed by atoms with Gasteiger partial charge in [0.1, 0.15) is 0 Å². The van der Waals surface area contributed by atoms with Gasteiger partial charge >= 0.3 is 0 Å². The highest BCUT2D eigenvalue weighted by molar-refractivity contribution is 4.98. The molecule has 0 radical (unpaired) electrons. The number of rotatable bonds is 4. The Bertz CT molecular complexity index is 164. The molecule has 0 aromatic heterocycles. The van der Waals surface area contributed by atoms with Crippen LogP contribution in [0.1, 0.15) is 34.1 Å². The highest BCUT2D eigenvalue weighted by atomic mass is 15.2. The van der Waals surface area contributed by atoms with Gasteiger partial charge in [0, 0.05) is 12.5 Å². The first-order valence-electron chi connectivity index (χ1n) is 4.49. The summed E-state index contributed by atoms with van der Waals surface area (Å²) in [6.45, 7) is 8.46. The van der Waals surface area contributed by atoms with Crippen molar-refractivity contribution >= 4 is 0 Å². The summed E-state index contributed by atoms with van der Waals surface area (Å²) in [6.07, 6.45) is 0.840. The van der Waals surface area contributed by atoms with Crippen LogP contribution in [0, 0.1) is 23.7 Å². The van der Waals surface area contributed by atoms with Crippen molar-refractivity contribution in [2.45, 2.75) is 40.2 Å². The van der Waals surface area contributed by atoms with E-state index < -0.39 is 0 Å². The molecular weight excluding hydrogens is 148 g/mol. The minimum absolute atomic E-state index is 0.317. The summed E-state index contributed by atoms with van der Waals surface area (Å²) in [5, 5.41) is 0. The molecule has 0 aliphatic carbocycles. The molecule has 2 nitrogen and oxygen atoms in total. The maximum absolute atomic E-state index is 5.43. The number of nitrogens with one attached hydrogen (secondary N) is 1. The van der Waals surface area contributed by atoms with Gasteiger partial charge in [0.05, 0.1) is 0 Å².